The Balaban J connectivity index is 1.63. The average molecular weight is 859 g/mol. The standard InChI is InChI=1S/C38H42N12O8S2/c1-24(22-51)39-32-45-34(41-27-16-8-4-9-17-27)49-36(47-32)43-30(26-14-6-3-7-15-26)31(29-20-12-13-21-38(29,59(53,54)55)60(56,57)58)44-37-48-33(40-25(2)23-52)46-35(50-37)42-28-18-10-5-11-19-28/h3-21,24-25,29,51-52H,22-23H2,1-2H3,(H,53,54,55)(H,56,57,58)(H3,39,41,43,45,47,49)(H3,40,42,44,46,48,50). The molecule has 0 amide bonds. The third kappa shape index (κ3) is 10.2. The minimum absolute atomic E-state index is 0.00271. The molecule has 3 atom stereocenters. The maximum atomic E-state index is 13.4. The molecule has 1 aliphatic carbocycles. The Morgan fingerprint density at radius 1 is 0.600 bits per heavy atom. The predicted octanol–water partition coefficient (Wildman–Crippen LogP) is 4.24. The molecule has 2 heterocycles. The Kier molecular flexibility index (Phi) is 13.3. The van der Waals surface area contributed by atoms with Gasteiger partial charge in [-0.1, -0.05) is 85.0 Å². The van der Waals surface area contributed by atoms with Gasteiger partial charge >= 0.3 is 0 Å². The summed E-state index contributed by atoms with van der Waals surface area (Å²) < 4.78 is 71.7. The minimum atomic E-state index is -5.73. The van der Waals surface area contributed by atoms with Crippen LogP contribution in [-0.4, -0.2) is 95.4 Å². The molecule has 0 bridgehead atoms. The van der Waals surface area contributed by atoms with Crippen molar-refractivity contribution in [1.29, 1.82) is 0 Å². The number of aliphatic hydroxyl groups is 2. The smallest absolute Gasteiger partial charge is 0.292 e. The van der Waals surface area contributed by atoms with E-state index in [1.807, 2.05) is 6.07 Å². The topological polar surface area (TPSA) is 299 Å². The van der Waals surface area contributed by atoms with E-state index in [0.717, 1.165) is 12.2 Å². The van der Waals surface area contributed by atoms with Crippen molar-refractivity contribution in [3.05, 3.63) is 127 Å². The number of aliphatic hydroxyl groups excluding tert-OH is 2. The molecule has 0 aliphatic heterocycles. The molecule has 22 heteroatoms. The van der Waals surface area contributed by atoms with Gasteiger partial charge in [0.25, 0.3) is 24.3 Å². The number of aromatic nitrogens is 6. The van der Waals surface area contributed by atoms with Crippen molar-refractivity contribution < 1.29 is 36.2 Å². The van der Waals surface area contributed by atoms with Gasteiger partial charge in [0, 0.05) is 23.5 Å². The first-order valence-electron chi connectivity index (χ1n) is 18.2. The summed E-state index contributed by atoms with van der Waals surface area (Å²) in [4.78, 5) is 26.9. The monoisotopic (exact) mass is 858 g/mol. The fourth-order valence-electron chi connectivity index (χ4n) is 5.89. The van der Waals surface area contributed by atoms with Crippen molar-refractivity contribution in [3.63, 3.8) is 0 Å². The number of anilines is 8. The molecular formula is C38H42N12O8S2. The first-order valence-corrected chi connectivity index (χ1v) is 21.1. The Morgan fingerprint density at radius 2 is 1.02 bits per heavy atom. The quantitative estimate of drug-likeness (QED) is 0.0551. The summed E-state index contributed by atoms with van der Waals surface area (Å²) in [6, 6.07) is 24.9. The van der Waals surface area contributed by atoms with E-state index < -0.39 is 42.3 Å². The summed E-state index contributed by atoms with van der Waals surface area (Å²) in [5, 5.41) is 37.8. The zero-order chi connectivity index (χ0) is 42.9. The highest BCUT2D eigenvalue weighted by atomic mass is 32.3. The molecule has 314 valence electrons. The molecule has 0 fully saturated rings. The van der Waals surface area contributed by atoms with E-state index >= 15 is 0 Å². The largest absolute Gasteiger partial charge is 0.394 e. The molecule has 0 saturated heterocycles. The van der Waals surface area contributed by atoms with Crippen molar-refractivity contribution in [2.24, 2.45) is 5.92 Å². The highest BCUT2D eigenvalue weighted by Crippen LogP contribution is 2.43. The second-order valence-electron chi connectivity index (χ2n) is 13.3. The predicted molar refractivity (Wildman–Crippen MR) is 228 cm³/mol. The first-order chi connectivity index (χ1) is 28.7. The van der Waals surface area contributed by atoms with Crippen LogP contribution in [-0.2, 0) is 20.2 Å². The number of nitrogens with one attached hydrogen (secondary N) is 6. The van der Waals surface area contributed by atoms with E-state index in [-0.39, 0.29) is 60.3 Å². The number of benzene rings is 3. The van der Waals surface area contributed by atoms with Crippen molar-refractivity contribution in [2.75, 3.05) is 45.1 Å². The van der Waals surface area contributed by atoms with Crippen LogP contribution in [0.25, 0.3) is 5.70 Å². The number of nitrogens with zero attached hydrogens (tertiary/aromatic N) is 6. The molecule has 0 saturated carbocycles. The zero-order valence-corrected chi connectivity index (χ0v) is 33.7. The van der Waals surface area contributed by atoms with E-state index in [0.29, 0.717) is 23.0 Å². The average Bonchev–Trinajstić information content (AvgIpc) is 3.22. The second-order valence-corrected chi connectivity index (χ2v) is 16.9. The lowest BCUT2D eigenvalue weighted by Gasteiger charge is -2.35. The van der Waals surface area contributed by atoms with Crippen molar-refractivity contribution in [1.82, 2.24) is 29.9 Å². The van der Waals surface area contributed by atoms with E-state index in [9.17, 15) is 36.2 Å². The summed E-state index contributed by atoms with van der Waals surface area (Å²) in [5.74, 6) is -2.48. The fraction of sp³-hybridized carbons (Fsp3) is 0.211. The Labute approximate surface area is 345 Å². The molecular weight excluding hydrogens is 817 g/mol. The summed E-state index contributed by atoms with van der Waals surface area (Å²) in [6.45, 7) is 2.75. The van der Waals surface area contributed by atoms with Crippen LogP contribution in [0.15, 0.2) is 121 Å². The lowest BCUT2D eigenvalue weighted by atomic mass is 9.92. The van der Waals surface area contributed by atoms with Gasteiger partial charge in [-0.05, 0) is 49.8 Å². The van der Waals surface area contributed by atoms with Gasteiger partial charge in [0.2, 0.25) is 35.7 Å². The van der Waals surface area contributed by atoms with Crippen LogP contribution in [0, 0.1) is 5.92 Å². The van der Waals surface area contributed by atoms with Gasteiger partial charge in [0.1, 0.15) is 0 Å². The first kappa shape index (κ1) is 43.0. The third-order valence-corrected chi connectivity index (χ3v) is 12.4. The van der Waals surface area contributed by atoms with Crippen LogP contribution in [0.3, 0.4) is 0 Å². The van der Waals surface area contributed by atoms with Crippen LogP contribution < -0.4 is 31.9 Å². The lowest BCUT2D eigenvalue weighted by Crippen LogP contribution is -2.52. The number of rotatable bonds is 18. The van der Waals surface area contributed by atoms with Crippen molar-refractivity contribution in [2.45, 2.75) is 30.0 Å². The van der Waals surface area contributed by atoms with Gasteiger partial charge < -0.3 is 42.1 Å². The zero-order valence-electron chi connectivity index (χ0n) is 32.0. The van der Waals surface area contributed by atoms with Gasteiger partial charge in [0.05, 0.1) is 30.5 Å². The van der Waals surface area contributed by atoms with Crippen LogP contribution in [0.1, 0.15) is 19.4 Å². The number of para-hydroxylation sites is 2. The maximum absolute atomic E-state index is 13.4. The van der Waals surface area contributed by atoms with Gasteiger partial charge in [-0.2, -0.15) is 46.7 Å². The van der Waals surface area contributed by atoms with E-state index in [2.05, 4.69) is 61.8 Å². The van der Waals surface area contributed by atoms with Crippen molar-refractivity contribution >= 4 is 73.0 Å². The van der Waals surface area contributed by atoms with Gasteiger partial charge in [-0.15, -0.1) is 0 Å². The highest BCUT2D eigenvalue weighted by molar-refractivity contribution is 8.05. The minimum Gasteiger partial charge on any atom is -0.394 e. The highest BCUT2D eigenvalue weighted by Gasteiger charge is 2.60. The Morgan fingerprint density at radius 3 is 1.47 bits per heavy atom. The van der Waals surface area contributed by atoms with Crippen LogP contribution in [0.5, 0.6) is 0 Å². The number of hydrogen-bond donors (Lipinski definition) is 10. The van der Waals surface area contributed by atoms with Gasteiger partial charge in [-0.25, -0.2) is 0 Å². The van der Waals surface area contributed by atoms with E-state index in [1.165, 1.54) is 6.08 Å². The molecule has 10 N–H and O–H groups in total. The second kappa shape index (κ2) is 18.6. The Hall–Kier alpha value is -6.56. The summed E-state index contributed by atoms with van der Waals surface area (Å²) in [7, 11) is -11.5. The number of hydrogen-bond acceptors (Lipinski definition) is 18. The fourth-order valence-corrected chi connectivity index (χ4v) is 8.49. The Bertz CT molecular complexity index is 2550. The molecule has 1 aliphatic rings. The summed E-state index contributed by atoms with van der Waals surface area (Å²) >= 11 is 0. The summed E-state index contributed by atoms with van der Waals surface area (Å²) in [6.07, 6.45) is 4.19. The molecule has 5 aromatic rings. The van der Waals surface area contributed by atoms with Gasteiger partial charge in [-0.3, -0.25) is 9.11 Å². The molecule has 60 heavy (non-hydrogen) atoms. The van der Waals surface area contributed by atoms with E-state index in [4.69, 9.17) is 0 Å². The molecule has 2 aromatic heterocycles. The summed E-state index contributed by atoms with van der Waals surface area (Å²) in [5.41, 5.74) is 1.07. The molecule has 0 radical (unpaired) electrons. The molecule has 6 rings (SSSR count). The van der Waals surface area contributed by atoms with Crippen LogP contribution in [0.4, 0.5) is 47.1 Å². The SMILES string of the molecule is CC(CO)Nc1nc(NC(=C(Nc2nc(Nc3ccccc3)nc(NC(C)CO)n2)C2C=CC=CC2(S(=O)(=O)O)S(=O)(=O)O)c2ccccc2)nc(Nc2ccccc2)n1. The van der Waals surface area contributed by atoms with Crippen LogP contribution >= 0.6 is 0 Å². The third-order valence-electron chi connectivity index (χ3n) is 8.74. The lowest BCUT2D eigenvalue weighted by molar-refractivity contribution is 0.281. The van der Waals surface area contributed by atoms with Gasteiger partial charge in [0.15, 0.2) is 0 Å². The van der Waals surface area contributed by atoms with E-state index in [1.54, 1.807) is 98.8 Å². The maximum Gasteiger partial charge on any atom is 0.292 e. The van der Waals surface area contributed by atoms with Crippen LogP contribution in [0.2, 0.25) is 0 Å². The number of allylic oxidation sites excluding steroid dienone is 3. The molecule has 0 spiro atoms. The molecule has 20 nitrogen and oxygen atoms in total. The van der Waals surface area contributed by atoms with Crippen molar-refractivity contribution in [3.8, 4) is 0 Å². The normalized spacial score (nSPS) is 16.2. The molecule has 3 aromatic carbocycles. The molecule has 3 unspecified atom stereocenters.